The molecule has 1 amide bonds. The fourth-order valence-electron chi connectivity index (χ4n) is 2.64. The van der Waals surface area contributed by atoms with Crippen LogP contribution >= 0.6 is 0 Å². The van der Waals surface area contributed by atoms with Crippen molar-refractivity contribution in [3.63, 3.8) is 0 Å². The van der Waals surface area contributed by atoms with Crippen molar-refractivity contribution in [1.29, 1.82) is 0 Å². The molecular weight excluding hydrogens is 252 g/mol. The zero-order valence-corrected chi connectivity index (χ0v) is 11.1. The molecule has 1 aromatic heterocycles. The first-order chi connectivity index (χ1) is 9.74. The minimum atomic E-state index is -0.210. The molecule has 2 aromatic rings. The topological polar surface area (TPSA) is 62.0 Å². The van der Waals surface area contributed by atoms with Crippen molar-refractivity contribution < 1.29 is 4.79 Å². The summed E-state index contributed by atoms with van der Waals surface area (Å²) in [5.41, 5.74) is 3.71. The van der Waals surface area contributed by atoms with Crippen LogP contribution in [0.1, 0.15) is 34.3 Å². The normalized spacial score (nSPS) is 13.6. The van der Waals surface area contributed by atoms with Crippen LogP contribution in [-0.2, 0) is 12.8 Å². The van der Waals surface area contributed by atoms with Crippen LogP contribution < -0.4 is 10.9 Å². The first kappa shape index (κ1) is 12.7. The standard InChI is InChI=1S/C16H16N2O2/c19-15-9-8-12(10-17-15)16(20)18-14-7-3-5-11-4-1-2-6-13(11)14/h3,5,7-10H,1-2,4,6H2,(H,17,19)(H,18,20). The summed E-state index contributed by atoms with van der Waals surface area (Å²) in [5, 5.41) is 2.94. The zero-order valence-electron chi connectivity index (χ0n) is 11.1. The Balaban J connectivity index is 1.86. The fourth-order valence-corrected chi connectivity index (χ4v) is 2.64. The zero-order chi connectivity index (χ0) is 13.9. The molecule has 2 N–H and O–H groups in total. The van der Waals surface area contributed by atoms with Crippen molar-refractivity contribution in [2.45, 2.75) is 25.7 Å². The van der Waals surface area contributed by atoms with E-state index in [4.69, 9.17) is 0 Å². The molecule has 4 nitrogen and oxygen atoms in total. The van der Waals surface area contributed by atoms with Crippen LogP contribution in [0.2, 0.25) is 0 Å². The Kier molecular flexibility index (Phi) is 3.37. The third kappa shape index (κ3) is 2.50. The smallest absolute Gasteiger partial charge is 0.257 e. The van der Waals surface area contributed by atoms with Gasteiger partial charge in [0.05, 0.1) is 5.56 Å². The molecule has 0 unspecified atom stereocenters. The van der Waals surface area contributed by atoms with Gasteiger partial charge in [0.1, 0.15) is 0 Å². The number of carbonyl (C=O) groups is 1. The lowest BCUT2D eigenvalue weighted by atomic mass is 9.90. The van der Waals surface area contributed by atoms with Crippen molar-refractivity contribution in [3.8, 4) is 0 Å². The van der Waals surface area contributed by atoms with E-state index in [1.54, 1.807) is 0 Å². The summed E-state index contributed by atoms with van der Waals surface area (Å²) in [6, 6.07) is 8.93. The summed E-state index contributed by atoms with van der Waals surface area (Å²) < 4.78 is 0. The van der Waals surface area contributed by atoms with Crippen LogP contribution in [0.3, 0.4) is 0 Å². The van der Waals surface area contributed by atoms with Gasteiger partial charge in [0.25, 0.3) is 5.91 Å². The van der Waals surface area contributed by atoms with Gasteiger partial charge in [-0.05, 0) is 48.9 Å². The van der Waals surface area contributed by atoms with Crippen LogP contribution in [0.4, 0.5) is 5.69 Å². The van der Waals surface area contributed by atoms with Gasteiger partial charge in [-0.1, -0.05) is 12.1 Å². The number of aryl methyl sites for hydroxylation is 1. The van der Waals surface area contributed by atoms with E-state index >= 15 is 0 Å². The molecule has 3 rings (SSSR count). The number of anilines is 1. The highest BCUT2D eigenvalue weighted by Gasteiger charge is 2.15. The van der Waals surface area contributed by atoms with Crippen molar-refractivity contribution in [2.75, 3.05) is 5.32 Å². The quantitative estimate of drug-likeness (QED) is 0.879. The first-order valence-electron chi connectivity index (χ1n) is 6.85. The van der Waals surface area contributed by atoms with E-state index < -0.39 is 0 Å². The molecule has 4 heteroatoms. The van der Waals surface area contributed by atoms with E-state index in [9.17, 15) is 9.59 Å². The maximum absolute atomic E-state index is 12.2. The second-order valence-corrected chi connectivity index (χ2v) is 5.05. The Morgan fingerprint density at radius 3 is 2.75 bits per heavy atom. The molecule has 0 saturated carbocycles. The Morgan fingerprint density at radius 1 is 1.10 bits per heavy atom. The van der Waals surface area contributed by atoms with Gasteiger partial charge in [0, 0.05) is 18.0 Å². The van der Waals surface area contributed by atoms with Crippen LogP contribution in [-0.4, -0.2) is 10.9 Å². The van der Waals surface area contributed by atoms with Crippen molar-refractivity contribution in [2.24, 2.45) is 0 Å². The number of benzene rings is 1. The summed E-state index contributed by atoms with van der Waals surface area (Å²) in [6.45, 7) is 0. The number of hydrogen-bond acceptors (Lipinski definition) is 2. The van der Waals surface area contributed by atoms with E-state index in [2.05, 4.69) is 16.4 Å². The largest absolute Gasteiger partial charge is 0.328 e. The number of pyridine rings is 1. The first-order valence-corrected chi connectivity index (χ1v) is 6.85. The lowest BCUT2D eigenvalue weighted by Crippen LogP contribution is -2.17. The Bertz CT molecular complexity index is 683. The Morgan fingerprint density at radius 2 is 1.95 bits per heavy atom. The minimum Gasteiger partial charge on any atom is -0.328 e. The molecule has 1 aromatic carbocycles. The molecule has 102 valence electrons. The third-order valence-electron chi connectivity index (χ3n) is 3.69. The number of amides is 1. The van der Waals surface area contributed by atoms with Crippen molar-refractivity contribution >= 4 is 11.6 Å². The number of H-pyrrole nitrogens is 1. The monoisotopic (exact) mass is 268 g/mol. The summed E-state index contributed by atoms with van der Waals surface area (Å²) >= 11 is 0. The molecule has 0 spiro atoms. The molecule has 0 fully saturated rings. The van der Waals surface area contributed by atoms with Gasteiger partial charge >= 0.3 is 0 Å². The van der Waals surface area contributed by atoms with Gasteiger partial charge in [-0.15, -0.1) is 0 Å². The molecule has 1 aliphatic carbocycles. The SMILES string of the molecule is O=C(Nc1cccc2c1CCCC2)c1ccc(=O)[nH]c1. The highest BCUT2D eigenvalue weighted by atomic mass is 16.1. The van der Waals surface area contributed by atoms with Gasteiger partial charge in [0.2, 0.25) is 5.56 Å². The van der Waals surface area contributed by atoms with E-state index in [-0.39, 0.29) is 11.5 Å². The summed E-state index contributed by atoms with van der Waals surface area (Å²) in [6.07, 6.45) is 5.91. The third-order valence-corrected chi connectivity index (χ3v) is 3.69. The summed E-state index contributed by atoms with van der Waals surface area (Å²) in [7, 11) is 0. The van der Waals surface area contributed by atoms with Gasteiger partial charge in [0.15, 0.2) is 0 Å². The lowest BCUT2D eigenvalue weighted by Gasteiger charge is -2.19. The molecule has 0 atom stereocenters. The Labute approximate surface area is 116 Å². The second-order valence-electron chi connectivity index (χ2n) is 5.05. The summed E-state index contributed by atoms with van der Waals surface area (Å²) in [5.74, 6) is -0.194. The number of aromatic nitrogens is 1. The van der Waals surface area contributed by atoms with Crippen LogP contribution in [0, 0.1) is 0 Å². The van der Waals surface area contributed by atoms with Gasteiger partial charge in [-0.25, -0.2) is 0 Å². The van der Waals surface area contributed by atoms with E-state index in [0.29, 0.717) is 5.56 Å². The molecule has 1 aliphatic rings. The average molecular weight is 268 g/mol. The molecule has 1 heterocycles. The lowest BCUT2D eigenvalue weighted by molar-refractivity contribution is 0.102. The van der Waals surface area contributed by atoms with E-state index in [0.717, 1.165) is 18.5 Å². The molecule has 0 bridgehead atoms. The number of fused-ring (bicyclic) bond motifs is 1. The van der Waals surface area contributed by atoms with Crippen molar-refractivity contribution in [1.82, 2.24) is 4.98 Å². The number of hydrogen-bond donors (Lipinski definition) is 2. The highest BCUT2D eigenvalue weighted by molar-refractivity contribution is 6.04. The molecular formula is C16H16N2O2. The molecule has 0 radical (unpaired) electrons. The van der Waals surface area contributed by atoms with E-state index in [1.807, 2.05) is 12.1 Å². The number of rotatable bonds is 2. The fraction of sp³-hybridized carbons (Fsp3) is 0.250. The van der Waals surface area contributed by atoms with Crippen molar-refractivity contribution in [3.05, 3.63) is 63.6 Å². The second kappa shape index (κ2) is 5.33. The molecule has 0 saturated heterocycles. The van der Waals surface area contributed by atoms with Crippen LogP contribution in [0.15, 0.2) is 41.3 Å². The molecule has 20 heavy (non-hydrogen) atoms. The van der Waals surface area contributed by atoms with Crippen LogP contribution in [0.5, 0.6) is 0 Å². The number of carbonyl (C=O) groups excluding carboxylic acids is 1. The van der Waals surface area contributed by atoms with Gasteiger partial charge in [-0.3, -0.25) is 9.59 Å². The Hall–Kier alpha value is -2.36. The van der Waals surface area contributed by atoms with Gasteiger partial charge < -0.3 is 10.3 Å². The molecule has 0 aliphatic heterocycles. The predicted molar refractivity (Wildman–Crippen MR) is 78.1 cm³/mol. The van der Waals surface area contributed by atoms with Gasteiger partial charge in [-0.2, -0.15) is 0 Å². The maximum Gasteiger partial charge on any atom is 0.257 e. The number of nitrogens with one attached hydrogen (secondary N) is 2. The summed E-state index contributed by atoms with van der Waals surface area (Å²) in [4.78, 5) is 25.7. The maximum atomic E-state index is 12.2. The highest BCUT2D eigenvalue weighted by Crippen LogP contribution is 2.28. The number of aromatic amines is 1. The average Bonchev–Trinajstić information content (AvgIpc) is 2.48. The van der Waals surface area contributed by atoms with E-state index in [1.165, 1.54) is 42.3 Å². The predicted octanol–water partition coefficient (Wildman–Crippen LogP) is 2.51. The van der Waals surface area contributed by atoms with Crippen LogP contribution in [0.25, 0.3) is 0 Å². The minimum absolute atomic E-state index is 0.194.